The Bertz CT molecular complexity index is 749. The predicted molar refractivity (Wildman–Crippen MR) is 107 cm³/mol. The molecule has 0 N–H and O–H groups in total. The van der Waals surface area contributed by atoms with Gasteiger partial charge in [0.2, 0.25) is 0 Å². The predicted octanol–water partition coefficient (Wildman–Crippen LogP) is 5.17. The molecule has 0 amide bonds. The molecule has 0 bridgehead atoms. The van der Waals surface area contributed by atoms with E-state index < -0.39 is 4.08 Å². The third-order valence-electron chi connectivity index (χ3n) is 4.24. The van der Waals surface area contributed by atoms with E-state index in [0.29, 0.717) is 0 Å². The molecule has 0 unspecified atom stereocenters. The van der Waals surface area contributed by atoms with Gasteiger partial charge in [-0.3, -0.25) is 0 Å². The second-order valence-electron chi connectivity index (χ2n) is 5.78. The summed E-state index contributed by atoms with van der Waals surface area (Å²) in [6.07, 6.45) is 6.33. The second-order valence-corrected chi connectivity index (χ2v) is 8.28. The van der Waals surface area contributed by atoms with Crippen LogP contribution >= 0.6 is 23.5 Å². The average molecular weight is 353 g/mol. The normalized spacial score (nSPS) is 23.5. The zero-order valence-electron chi connectivity index (χ0n) is 13.8. The summed E-state index contributed by atoms with van der Waals surface area (Å²) in [5, 5.41) is 9.84. The molecule has 2 aromatic rings. The topological polar surface area (TPSA) is 27.0 Å². The summed E-state index contributed by atoms with van der Waals surface area (Å²) in [6, 6.07) is 21.4. The third-order valence-corrected chi connectivity index (χ3v) is 7.20. The largest absolute Gasteiger partial charge is 0.352 e. The van der Waals surface area contributed by atoms with Crippen molar-refractivity contribution in [1.82, 2.24) is 0 Å². The van der Waals surface area contributed by atoms with Gasteiger partial charge in [-0.2, -0.15) is 5.26 Å². The van der Waals surface area contributed by atoms with Crippen LogP contribution in [0.1, 0.15) is 11.1 Å². The van der Waals surface area contributed by atoms with Crippen LogP contribution in [-0.4, -0.2) is 22.3 Å². The molecule has 3 rings (SSSR count). The summed E-state index contributed by atoms with van der Waals surface area (Å²) >= 11 is 3.35. The fourth-order valence-corrected chi connectivity index (χ4v) is 5.08. The fraction of sp³-hybridized carbons (Fsp3) is 0.250. The van der Waals surface area contributed by atoms with Crippen molar-refractivity contribution in [2.45, 2.75) is 17.0 Å². The molecule has 1 aliphatic heterocycles. The number of benzene rings is 2. The van der Waals surface area contributed by atoms with Crippen LogP contribution in [0.2, 0.25) is 0 Å². The Balaban J connectivity index is 1.95. The van der Waals surface area contributed by atoms with Crippen LogP contribution in [-0.2, 0) is 0 Å². The Kier molecular flexibility index (Phi) is 5.23. The van der Waals surface area contributed by atoms with E-state index in [0.717, 1.165) is 11.4 Å². The van der Waals surface area contributed by atoms with Crippen LogP contribution in [0.5, 0.6) is 0 Å². The Hall–Kier alpha value is -1.83. The highest BCUT2D eigenvalue weighted by Crippen LogP contribution is 2.48. The third kappa shape index (κ3) is 3.33. The van der Waals surface area contributed by atoms with Gasteiger partial charge in [-0.25, -0.2) is 0 Å². The summed E-state index contributed by atoms with van der Waals surface area (Å²) in [5.74, 6) is 0.821. The minimum absolute atomic E-state index is 0.0328. The van der Waals surface area contributed by atoms with Gasteiger partial charge >= 0.3 is 0 Å². The monoisotopic (exact) mass is 352 g/mol. The highest BCUT2D eigenvalue weighted by Gasteiger charge is 2.47. The molecule has 1 heterocycles. The van der Waals surface area contributed by atoms with Crippen LogP contribution in [0.3, 0.4) is 0 Å². The van der Waals surface area contributed by atoms with E-state index in [9.17, 15) is 5.26 Å². The molecule has 0 aromatic heterocycles. The van der Waals surface area contributed by atoms with E-state index in [1.165, 1.54) is 11.3 Å². The number of aryl methyl sites for hydroxylation is 1. The molecule has 0 radical (unpaired) electrons. The van der Waals surface area contributed by atoms with E-state index >= 15 is 0 Å². The number of hydrogen-bond donors (Lipinski definition) is 0. The molecule has 24 heavy (non-hydrogen) atoms. The Morgan fingerprint density at radius 3 is 2.54 bits per heavy atom. The van der Waals surface area contributed by atoms with Crippen LogP contribution in [0, 0.1) is 18.3 Å². The molecule has 1 aliphatic rings. The van der Waals surface area contributed by atoms with E-state index in [4.69, 9.17) is 0 Å². The van der Waals surface area contributed by atoms with Gasteiger partial charge in [0.15, 0.2) is 4.08 Å². The van der Waals surface area contributed by atoms with Gasteiger partial charge in [0.1, 0.15) is 0 Å². The van der Waals surface area contributed by atoms with Crippen molar-refractivity contribution in [2.24, 2.45) is 0 Å². The van der Waals surface area contributed by atoms with Gasteiger partial charge < -0.3 is 4.90 Å². The molecule has 2 aromatic carbocycles. The highest BCUT2D eigenvalue weighted by atomic mass is 32.2. The van der Waals surface area contributed by atoms with Gasteiger partial charge in [-0.1, -0.05) is 60.2 Å². The molecule has 0 saturated carbocycles. The lowest BCUT2D eigenvalue weighted by atomic mass is 10.1. The molecule has 0 aliphatic carbocycles. The minimum atomic E-state index is -0.476. The van der Waals surface area contributed by atoms with Gasteiger partial charge in [-0.15, -0.1) is 23.5 Å². The quantitative estimate of drug-likeness (QED) is 0.758. The van der Waals surface area contributed by atoms with Crippen molar-refractivity contribution >= 4 is 35.3 Å². The molecular formula is C20H20N2S2. The van der Waals surface area contributed by atoms with Crippen LogP contribution < -0.4 is 4.90 Å². The first kappa shape index (κ1) is 17.0. The second kappa shape index (κ2) is 7.38. The molecular weight excluding hydrogens is 332 g/mol. The summed E-state index contributed by atoms with van der Waals surface area (Å²) in [4.78, 5) is 2.32. The zero-order valence-corrected chi connectivity index (χ0v) is 15.5. The van der Waals surface area contributed by atoms with Crippen molar-refractivity contribution in [3.63, 3.8) is 0 Å². The lowest BCUT2D eigenvalue weighted by molar-refractivity contribution is 0.777. The lowest BCUT2D eigenvalue weighted by Crippen LogP contribution is -2.39. The van der Waals surface area contributed by atoms with Gasteiger partial charge in [0.05, 0.1) is 18.0 Å². The highest BCUT2D eigenvalue weighted by molar-refractivity contribution is 8.18. The Labute approximate surface area is 152 Å². The summed E-state index contributed by atoms with van der Waals surface area (Å²) in [5.41, 5.74) is 3.58. The molecule has 1 saturated heterocycles. The SMILES string of the molecule is CS[C@]1(C#N)SCN(c2ccc(C)cc2)[C@H]1/C=C/c1ccccc1. The zero-order chi connectivity index (χ0) is 17.0. The summed E-state index contributed by atoms with van der Waals surface area (Å²) in [7, 11) is 0. The van der Waals surface area contributed by atoms with E-state index in [1.54, 1.807) is 23.5 Å². The molecule has 4 heteroatoms. The van der Waals surface area contributed by atoms with Gasteiger partial charge in [0, 0.05) is 5.69 Å². The van der Waals surface area contributed by atoms with Gasteiger partial charge in [0.25, 0.3) is 0 Å². The molecule has 1 fully saturated rings. The smallest absolute Gasteiger partial charge is 0.173 e. The molecule has 2 atom stereocenters. The van der Waals surface area contributed by atoms with Gasteiger partial charge in [-0.05, 0) is 30.9 Å². The first-order chi connectivity index (χ1) is 11.7. The van der Waals surface area contributed by atoms with E-state index in [1.807, 2.05) is 24.5 Å². The minimum Gasteiger partial charge on any atom is -0.352 e. The Morgan fingerprint density at radius 2 is 1.92 bits per heavy atom. The van der Waals surface area contributed by atoms with Crippen LogP contribution in [0.15, 0.2) is 60.7 Å². The van der Waals surface area contributed by atoms with Crippen LogP contribution in [0.4, 0.5) is 5.69 Å². The number of rotatable bonds is 4. The van der Waals surface area contributed by atoms with Crippen molar-refractivity contribution in [3.8, 4) is 6.07 Å². The van der Waals surface area contributed by atoms with Crippen LogP contribution in [0.25, 0.3) is 6.08 Å². The lowest BCUT2D eigenvalue weighted by Gasteiger charge is -2.30. The number of thioether (sulfide) groups is 2. The molecule has 2 nitrogen and oxygen atoms in total. The summed E-state index contributed by atoms with van der Waals surface area (Å²) < 4.78 is -0.476. The Morgan fingerprint density at radius 1 is 1.21 bits per heavy atom. The van der Waals surface area contributed by atoms with Crippen molar-refractivity contribution in [3.05, 3.63) is 71.8 Å². The van der Waals surface area contributed by atoms with Crippen molar-refractivity contribution in [1.29, 1.82) is 5.26 Å². The maximum Gasteiger partial charge on any atom is 0.173 e. The maximum absolute atomic E-state index is 9.84. The average Bonchev–Trinajstić information content (AvgIpc) is 3.00. The maximum atomic E-state index is 9.84. The fourth-order valence-electron chi connectivity index (χ4n) is 2.83. The first-order valence-electron chi connectivity index (χ1n) is 7.85. The van der Waals surface area contributed by atoms with E-state index in [2.05, 4.69) is 66.4 Å². The molecule has 0 spiro atoms. The number of anilines is 1. The van der Waals surface area contributed by atoms with Crippen molar-refractivity contribution in [2.75, 3.05) is 17.0 Å². The molecule has 122 valence electrons. The number of nitrogens with zero attached hydrogens (tertiary/aromatic N) is 2. The standard InChI is InChI=1S/C20H20N2S2/c1-16-8-11-18(12-9-16)22-15-24-20(14-21,23-2)19(22)13-10-17-6-4-3-5-7-17/h3-13,19H,15H2,1-2H3/b13-10+/t19-,20+/m0/s1. The number of nitriles is 1. The van der Waals surface area contributed by atoms with E-state index in [-0.39, 0.29) is 6.04 Å². The first-order valence-corrected chi connectivity index (χ1v) is 10.1. The summed E-state index contributed by atoms with van der Waals surface area (Å²) in [6.45, 7) is 2.09. The number of hydrogen-bond acceptors (Lipinski definition) is 4. The van der Waals surface area contributed by atoms with Crippen molar-refractivity contribution < 1.29 is 0 Å².